The second-order valence-electron chi connectivity index (χ2n) is 6.24. The molecule has 8 heteroatoms. The van der Waals surface area contributed by atoms with Gasteiger partial charge in [0.15, 0.2) is 17.2 Å². The lowest BCUT2D eigenvalue weighted by atomic mass is 10.2. The average molecular weight is 396 g/mol. The number of imidazole rings is 1. The van der Waals surface area contributed by atoms with Crippen LogP contribution in [0.5, 0.6) is 11.5 Å². The van der Waals surface area contributed by atoms with Gasteiger partial charge in [0.05, 0.1) is 19.7 Å². The van der Waals surface area contributed by atoms with Crippen molar-refractivity contribution in [3.05, 3.63) is 54.1 Å². The van der Waals surface area contributed by atoms with Crippen molar-refractivity contribution in [1.82, 2.24) is 14.3 Å². The summed E-state index contributed by atoms with van der Waals surface area (Å²) in [5.41, 5.74) is 1.26. The van der Waals surface area contributed by atoms with Crippen LogP contribution in [-0.4, -0.2) is 53.4 Å². The van der Waals surface area contributed by atoms with E-state index >= 15 is 0 Å². The number of aromatic nitrogens is 2. The molecule has 3 rings (SSSR count). The van der Waals surface area contributed by atoms with Gasteiger partial charge in [-0.1, -0.05) is 6.07 Å². The normalized spacial score (nSPS) is 10.6. The molecule has 1 N–H and O–H groups in total. The lowest BCUT2D eigenvalue weighted by molar-refractivity contribution is 0.0760. The van der Waals surface area contributed by atoms with E-state index in [1.807, 2.05) is 13.8 Å². The third-order valence-electron chi connectivity index (χ3n) is 4.65. The van der Waals surface area contributed by atoms with E-state index in [0.29, 0.717) is 35.8 Å². The molecule has 8 nitrogen and oxygen atoms in total. The van der Waals surface area contributed by atoms with Gasteiger partial charge in [-0.25, -0.2) is 4.98 Å². The number of anilines is 1. The second kappa shape index (κ2) is 8.64. The summed E-state index contributed by atoms with van der Waals surface area (Å²) in [6, 6.07) is 10.4. The molecule has 0 saturated carbocycles. The van der Waals surface area contributed by atoms with E-state index < -0.39 is 5.91 Å². The molecule has 2 aromatic heterocycles. The van der Waals surface area contributed by atoms with Gasteiger partial charge in [0.1, 0.15) is 0 Å². The van der Waals surface area contributed by atoms with Crippen molar-refractivity contribution < 1.29 is 19.1 Å². The Morgan fingerprint density at radius 3 is 2.45 bits per heavy atom. The van der Waals surface area contributed by atoms with Crippen LogP contribution in [0.2, 0.25) is 0 Å². The SMILES string of the molecule is CCN(CC)C(=O)c1nc(C(=O)Nc2ccc(OC)c(OC)c2)c2ccccn12. The summed E-state index contributed by atoms with van der Waals surface area (Å²) < 4.78 is 12.1. The van der Waals surface area contributed by atoms with E-state index in [-0.39, 0.29) is 17.4 Å². The molecule has 0 unspecified atom stereocenters. The molecule has 2 amide bonds. The number of pyridine rings is 1. The monoisotopic (exact) mass is 396 g/mol. The Hall–Kier alpha value is -3.55. The van der Waals surface area contributed by atoms with Gasteiger partial charge in [-0.15, -0.1) is 0 Å². The van der Waals surface area contributed by atoms with Gasteiger partial charge < -0.3 is 19.7 Å². The minimum absolute atomic E-state index is 0.177. The van der Waals surface area contributed by atoms with Crippen molar-refractivity contribution in [1.29, 1.82) is 0 Å². The zero-order valence-electron chi connectivity index (χ0n) is 16.9. The maximum absolute atomic E-state index is 12.9. The Bertz CT molecular complexity index is 1040. The van der Waals surface area contributed by atoms with Gasteiger partial charge in [-0.05, 0) is 38.1 Å². The van der Waals surface area contributed by atoms with Crippen LogP contribution >= 0.6 is 0 Å². The number of hydrogen-bond donors (Lipinski definition) is 1. The highest BCUT2D eigenvalue weighted by molar-refractivity contribution is 6.09. The Labute approximate surface area is 169 Å². The van der Waals surface area contributed by atoms with E-state index in [0.717, 1.165) is 0 Å². The number of hydrogen-bond acceptors (Lipinski definition) is 5. The van der Waals surface area contributed by atoms with Crippen LogP contribution in [0.4, 0.5) is 5.69 Å². The first-order valence-electron chi connectivity index (χ1n) is 9.33. The molecule has 0 aliphatic carbocycles. The summed E-state index contributed by atoms with van der Waals surface area (Å²) in [6.07, 6.45) is 1.73. The van der Waals surface area contributed by atoms with Gasteiger partial charge in [0.25, 0.3) is 11.8 Å². The summed E-state index contributed by atoms with van der Waals surface area (Å²) in [4.78, 5) is 31.8. The molecule has 0 aliphatic rings. The van der Waals surface area contributed by atoms with Crippen molar-refractivity contribution in [2.45, 2.75) is 13.8 Å². The van der Waals surface area contributed by atoms with Crippen LogP contribution in [0, 0.1) is 0 Å². The maximum Gasteiger partial charge on any atom is 0.290 e. The molecule has 0 radical (unpaired) electrons. The van der Waals surface area contributed by atoms with Gasteiger partial charge in [0.2, 0.25) is 5.82 Å². The number of carbonyl (C=O) groups is 2. The van der Waals surface area contributed by atoms with Gasteiger partial charge in [0, 0.05) is 31.0 Å². The number of carbonyl (C=O) groups excluding carboxylic acids is 2. The molecule has 152 valence electrons. The zero-order chi connectivity index (χ0) is 21.0. The van der Waals surface area contributed by atoms with Gasteiger partial charge in [-0.2, -0.15) is 0 Å². The molecule has 1 aromatic carbocycles. The van der Waals surface area contributed by atoms with Crippen molar-refractivity contribution >= 4 is 23.0 Å². The van der Waals surface area contributed by atoms with E-state index in [1.54, 1.807) is 59.0 Å². The number of fused-ring (bicyclic) bond motifs is 1. The van der Waals surface area contributed by atoms with Crippen molar-refractivity contribution in [2.24, 2.45) is 0 Å². The van der Waals surface area contributed by atoms with Crippen LogP contribution in [0.25, 0.3) is 5.52 Å². The molecule has 0 spiro atoms. The lowest BCUT2D eigenvalue weighted by Gasteiger charge is -2.17. The smallest absolute Gasteiger partial charge is 0.290 e. The number of methoxy groups -OCH3 is 2. The molecule has 2 heterocycles. The second-order valence-corrected chi connectivity index (χ2v) is 6.24. The first kappa shape index (κ1) is 20.2. The van der Waals surface area contributed by atoms with Crippen molar-refractivity contribution in [3.8, 4) is 11.5 Å². The molecule has 0 saturated heterocycles. The Balaban J connectivity index is 1.97. The fraction of sp³-hybridized carbons (Fsp3) is 0.286. The molecule has 3 aromatic rings. The fourth-order valence-electron chi connectivity index (χ4n) is 3.11. The molecular weight excluding hydrogens is 372 g/mol. The predicted octanol–water partition coefficient (Wildman–Crippen LogP) is 3.09. The fourth-order valence-corrected chi connectivity index (χ4v) is 3.11. The summed E-state index contributed by atoms with van der Waals surface area (Å²) in [5, 5.41) is 2.81. The molecule has 0 aliphatic heterocycles. The molecule has 0 bridgehead atoms. The summed E-state index contributed by atoms with van der Waals surface area (Å²) in [6.45, 7) is 4.93. The van der Waals surface area contributed by atoms with E-state index in [1.165, 1.54) is 7.11 Å². The highest BCUT2D eigenvalue weighted by Gasteiger charge is 2.24. The highest BCUT2D eigenvalue weighted by atomic mass is 16.5. The zero-order valence-corrected chi connectivity index (χ0v) is 16.9. The third-order valence-corrected chi connectivity index (χ3v) is 4.65. The van der Waals surface area contributed by atoms with Crippen LogP contribution in [0.1, 0.15) is 35.0 Å². The Kier molecular flexibility index (Phi) is 6.01. The molecule has 0 atom stereocenters. The number of nitrogens with zero attached hydrogens (tertiary/aromatic N) is 3. The number of rotatable bonds is 7. The third kappa shape index (κ3) is 3.87. The van der Waals surface area contributed by atoms with Crippen molar-refractivity contribution in [3.63, 3.8) is 0 Å². The molecule has 29 heavy (non-hydrogen) atoms. The minimum Gasteiger partial charge on any atom is -0.493 e. The number of benzene rings is 1. The van der Waals surface area contributed by atoms with Gasteiger partial charge >= 0.3 is 0 Å². The minimum atomic E-state index is -0.417. The Morgan fingerprint density at radius 1 is 1.07 bits per heavy atom. The molecule has 0 fully saturated rings. The first-order chi connectivity index (χ1) is 14.0. The highest BCUT2D eigenvalue weighted by Crippen LogP contribution is 2.30. The number of amides is 2. The number of ether oxygens (including phenoxy) is 2. The van der Waals surface area contributed by atoms with E-state index in [2.05, 4.69) is 10.3 Å². The summed E-state index contributed by atoms with van der Waals surface area (Å²) >= 11 is 0. The Morgan fingerprint density at radius 2 is 1.79 bits per heavy atom. The molecular formula is C21H24N4O4. The number of nitrogens with one attached hydrogen (secondary N) is 1. The van der Waals surface area contributed by atoms with E-state index in [4.69, 9.17) is 9.47 Å². The lowest BCUT2D eigenvalue weighted by Crippen LogP contribution is -2.32. The van der Waals surface area contributed by atoms with Gasteiger partial charge in [-0.3, -0.25) is 14.0 Å². The quantitative estimate of drug-likeness (QED) is 0.663. The predicted molar refractivity (Wildman–Crippen MR) is 110 cm³/mol. The summed E-state index contributed by atoms with van der Waals surface area (Å²) in [5.74, 6) is 0.630. The largest absolute Gasteiger partial charge is 0.493 e. The van der Waals surface area contributed by atoms with Crippen LogP contribution < -0.4 is 14.8 Å². The van der Waals surface area contributed by atoms with Crippen LogP contribution in [-0.2, 0) is 0 Å². The summed E-state index contributed by atoms with van der Waals surface area (Å²) in [7, 11) is 3.07. The average Bonchev–Trinajstić information content (AvgIpc) is 3.14. The standard InChI is InChI=1S/C21H24N4O4/c1-5-24(6-2)21(27)19-23-18(15-9-7-8-12-25(15)19)20(26)22-14-10-11-16(28-3)17(13-14)29-4/h7-13H,5-6H2,1-4H3,(H,22,26). The topological polar surface area (TPSA) is 85.2 Å². The maximum atomic E-state index is 12.9. The van der Waals surface area contributed by atoms with Crippen LogP contribution in [0.15, 0.2) is 42.6 Å². The first-order valence-corrected chi connectivity index (χ1v) is 9.33. The van der Waals surface area contributed by atoms with E-state index in [9.17, 15) is 9.59 Å². The van der Waals surface area contributed by atoms with Crippen molar-refractivity contribution in [2.75, 3.05) is 32.6 Å². The van der Waals surface area contributed by atoms with Crippen LogP contribution in [0.3, 0.4) is 0 Å².